The molecule has 0 saturated carbocycles. The van der Waals surface area contributed by atoms with Crippen molar-refractivity contribution in [3.05, 3.63) is 53.6 Å². The molecule has 3 rings (SSSR count). The molecule has 0 bridgehead atoms. The zero-order valence-corrected chi connectivity index (χ0v) is 12.1. The second-order valence-electron chi connectivity index (χ2n) is 5.60. The van der Waals surface area contributed by atoms with Crippen molar-refractivity contribution in [2.24, 2.45) is 0 Å². The number of imidazole rings is 1. The summed E-state index contributed by atoms with van der Waals surface area (Å²) in [6.07, 6.45) is 9.81. The first-order chi connectivity index (χ1) is 9.88. The number of rotatable bonds is 4. The largest absolute Gasteiger partial charge is 0.347 e. The summed E-state index contributed by atoms with van der Waals surface area (Å²) in [6, 6.07) is 9.64. The molecule has 2 N–H and O–H groups in total. The van der Waals surface area contributed by atoms with Crippen LogP contribution in [0.15, 0.2) is 36.7 Å². The van der Waals surface area contributed by atoms with E-state index in [-0.39, 0.29) is 0 Å². The van der Waals surface area contributed by atoms with Gasteiger partial charge in [0.15, 0.2) is 0 Å². The quantitative estimate of drug-likeness (QED) is 0.826. The average Bonchev–Trinajstić information content (AvgIpc) is 2.94. The normalized spacial score (nSPS) is 20.1. The lowest BCUT2D eigenvalue weighted by atomic mass is 9.98. The molecule has 1 aromatic heterocycles. The van der Waals surface area contributed by atoms with E-state index in [0.29, 0.717) is 12.1 Å². The van der Waals surface area contributed by atoms with E-state index in [4.69, 9.17) is 0 Å². The van der Waals surface area contributed by atoms with Gasteiger partial charge in [0.1, 0.15) is 5.82 Å². The maximum atomic E-state index is 4.41. The van der Waals surface area contributed by atoms with Gasteiger partial charge in [-0.05, 0) is 36.8 Å². The first kappa shape index (κ1) is 13.4. The van der Waals surface area contributed by atoms with Gasteiger partial charge in [-0.15, -0.1) is 0 Å². The number of nitrogens with one attached hydrogen (secondary N) is 2. The Kier molecular flexibility index (Phi) is 4.16. The first-order valence-electron chi connectivity index (χ1n) is 7.71. The molecule has 0 radical (unpaired) electrons. The summed E-state index contributed by atoms with van der Waals surface area (Å²) in [4.78, 5) is 7.66. The standard InChI is InChI=1S/C17H23N3/c1-2-15(17-18-11-12-19-17)20-16-10-6-4-8-13-7-3-5-9-14(13)16/h3,5,7,9,11-12,15-16,20H,2,4,6,8,10H2,1H3,(H,18,19). The number of aromatic nitrogens is 2. The molecule has 3 heteroatoms. The van der Waals surface area contributed by atoms with E-state index in [9.17, 15) is 0 Å². The summed E-state index contributed by atoms with van der Waals surface area (Å²) in [6.45, 7) is 2.21. The van der Waals surface area contributed by atoms with Gasteiger partial charge in [-0.25, -0.2) is 4.98 Å². The number of fused-ring (bicyclic) bond motifs is 1. The lowest BCUT2D eigenvalue weighted by Gasteiger charge is -2.24. The van der Waals surface area contributed by atoms with Crippen LogP contribution in [0.3, 0.4) is 0 Å². The molecule has 0 aliphatic heterocycles. The number of hydrogen-bond acceptors (Lipinski definition) is 2. The van der Waals surface area contributed by atoms with Crippen molar-refractivity contribution in [2.45, 2.75) is 51.1 Å². The van der Waals surface area contributed by atoms with Crippen LogP contribution < -0.4 is 5.32 Å². The van der Waals surface area contributed by atoms with Crippen LogP contribution in [0.2, 0.25) is 0 Å². The van der Waals surface area contributed by atoms with E-state index in [1.165, 1.54) is 36.8 Å². The van der Waals surface area contributed by atoms with Crippen LogP contribution >= 0.6 is 0 Å². The molecule has 0 spiro atoms. The molecule has 106 valence electrons. The van der Waals surface area contributed by atoms with Crippen molar-refractivity contribution < 1.29 is 0 Å². The van der Waals surface area contributed by atoms with Crippen LogP contribution in [0.1, 0.15) is 61.6 Å². The summed E-state index contributed by atoms with van der Waals surface area (Å²) >= 11 is 0. The molecule has 1 heterocycles. The van der Waals surface area contributed by atoms with Gasteiger partial charge in [-0.2, -0.15) is 0 Å². The van der Waals surface area contributed by atoms with E-state index in [1.54, 1.807) is 0 Å². The molecular formula is C17H23N3. The Morgan fingerprint density at radius 3 is 3.05 bits per heavy atom. The van der Waals surface area contributed by atoms with Crippen molar-refractivity contribution >= 4 is 0 Å². The number of H-pyrrole nitrogens is 1. The van der Waals surface area contributed by atoms with Gasteiger partial charge >= 0.3 is 0 Å². The van der Waals surface area contributed by atoms with E-state index in [1.807, 2.05) is 12.4 Å². The van der Waals surface area contributed by atoms with Crippen LogP contribution in [0, 0.1) is 0 Å². The fourth-order valence-corrected chi connectivity index (χ4v) is 3.20. The van der Waals surface area contributed by atoms with Crippen LogP contribution in [-0.4, -0.2) is 9.97 Å². The van der Waals surface area contributed by atoms with E-state index in [2.05, 4.69) is 46.5 Å². The predicted molar refractivity (Wildman–Crippen MR) is 81.5 cm³/mol. The second kappa shape index (κ2) is 6.23. The Morgan fingerprint density at radius 1 is 1.35 bits per heavy atom. The Labute approximate surface area is 120 Å². The summed E-state index contributed by atoms with van der Waals surface area (Å²) in [5.74, 6) is 1.05. The van der Waals surface area contributed by atoms with Gasteiger partial charge < -0.3 is 10.3 Å². The SMILES string of the molecule is CCC(NC1CCCCc2ccccc21)c1ncc[nH]1. The zero-order valence-electron chi connectivity index (χ0n) is 12.1. The van der Waals surface area contributed by atoms with Gasteiger partial charge in [0.05, 0.1) is 6.04 Å². The smallest absolute Gasteiger partial charge is 0.123 e. The van der Waals surface area contributed by atoms with Crippen LogP contribution in [0.4, 0.5) is 0 Å². The van der Waals surface area contributed by atoms with Crippen LogP contribution in [0.25, 0.3) is 0 Å². The minimum absolute atomic E-state index is 0.307. The Hall–Kier alpha value is -1.61. The summed E-state index contributed by atoms with van der Waals surface area (Å²) in [5, 5.41) is 3.81. The molecule has 20 heavy (non-hydrogen) atoms. The highest BCUT2D eigenvalue weighted by Crippen LogP contribution is 2.30. The second-order valence-corrected chi connectivity index (χ2v) is 5.60. The van der Waals surface area contributed by atoms with Crippen LogP contribution in [-0.2, 0) is 6.42 Å². The lowest BCUT2D eigenvalue weighted by Crippen LogP contribution is -2.27. The third-order valence-electron chi connectivity index (χ3n) is 4.28. The van der Waals surface area contributed by atoms with Crippen LogP contribution in [0.5, 0.6) is 0 Å². The van der Waals surface area contributed by atoms with Gasteiger partial charge in [-0.3, -0.25) is 0 Å². The highest BCUT2D eigenvalue weighted by atomic mass is 15.0. The number of aryl methyl sites for hydroxylation is 1. The van der Waals surface area contributed by atoms with E-state index < -0.39 is 0 Å². The zero-order chi connectivity index (χ0) is 13.8. The van der Waals surface area contributed by atoms with Crippen molar-refractivity contribution in [2.75, 3.05) is 0 Å². The Bertz CT molecular complexity index is 533. The minimum atomic E-state index is 0.307. The van der Waals surface area contributed by atoms with Crippen molar-refractivity contribution in [3.8, 4) is 0 Å². The number of nitrogens with zero attached hydrogens (tertiary/aromatic N) is 1. The van der Waals surface area contributed by atoms with Gasteiger partial charge in [-0.1, -0.05) is 37.6 Å². The molecule has 1 aliphatic rings. The Morgan fingerprint density at radius 2 is 2.25 bits per heavy atom. The predicted octanol–water partition coefficient (Wildman–Crippen LogP) is 3.92. The molecule has 1 aromatic carbocycles. The maximum Gasteiger partial charge on any atom is 0.123 e. The average molecular weight is 269 g/mol. The molecule has 2 aromatic rings. The fraction of sp³-hybridized carbons (Fsp3) is 0.471. The van der Waals surface area contributed by atoms with Gasteiger partial charge in [0.25, 0.3) is 0 Å². The fourth-order valence-electron chi connectivity index (χ4n) is 3.20. The molecule has 0 amide bonds. The monoisotopic (exact) mass is 269 g/mol. The third-order valence-corrected chi connectivity index (χ3v) is 4.28. The number of hydrogen-bond donors (Lipinski definition) is 2. The lowest BCUT2D eigenvalue weighted by molar-refractivity contribution is 0.400. The summed E-state index contributed by atoms with van der Waals surface area (Å²) in [7, 11) is 0. The number of benzene rings is 1. The number of aromatic amines is 1. The van der Waals surface area contributed by atoms with Crippen molar-refractivity contribution in [3.63, 3.8) is 0 Å². The summed E-state index contributed by atoms with van der Waals surface area (Å²) < 4.78 is 0. The molecule has 3 nitrogen and oxygen atoms in total. The molecule has 0 fully saturated rings. The topological polar surface area (TPSA) is 40.7 Å². The highest BCUT2D eigenvalue weighted by Gasteiger charge is 2.22. The Balaban J connectivity index is 1.82. The van der Waals surface area contributed by atoms with Crippen molar-refractivity contribution in [1.29, 1.82) is 0 Å². The molecule has 2 unspecified atom stereocenters. The minimum Gasteiger partial charge on any atom is -0.347 e. The molecule has 0 saturated heterocycles. The molecule has 2 atom stereocenters. The van der Waals surface area contributed by atoms with Gasteiger partial charge in [0.2, 0.25) is 0 Å². The van der Waals surface area contributed by atoms with E-state index >= 15 is 0 Å². The third kappa shape index (κ3) is 2.78. The first-order valence-corrected chi connectivity index (χ1v) is 7.71. The maximum absolute atomic E-state index is 4.41. The highest BCUT2D eigenvalue weighted by molar-refractivity contribution is 5.31. The molecular weight excluding hydrogens is 246 g/mol. The van der Waals surface area contributed by atoms with Gasteiger partial charge in [0, 0.05) is 18.4 Å². The summed E-state index contributed by atoms with van der Waals surface area (Å²) in [5.41, 5.74) is 2.99. The van der Waals surface area contributed by atoms with Crippen molar-refractivity contribution in [1.82, 2.24) is 15.3 Å². The molecule has 1 aliphatic carbocycles. The van der Waals surface area contributed by atoms with E-state index in [0.717, 1.165) is 12.2 Å².